The zero-order valence-corrected chi connectivity index (χ0v) is 22.7. The lowest BCUT2D eigenvalue weighted by atomic mass is 9.85. The Bertz CT molecular complexity index is 2300. The molecule has 0 saturated heterocycles. The van der Waals surface area contributed by atoms with Crippen LogP contribution in [0.25, 0.3) is 71.6 Å². The lowest BCUT2D eigenvalue weighted by molar-refractivity contribution is 1.00. The van der Waals surface area contributed by atoms with Gasteiger partial charge in [0.1, 0.15) is 5.82 Å². The number of aryl methyl sites for hydroxylation is 1. The average Bonchev–Trinajstić information content (AvgIpc) is 3.48. The normalized spacial score (nSPS) is 12.8. The van der Waals surface area contributed by atoms with Crippen molar-refractivity contribution in [1.82, 2.24) is 14.5 Å². The number of nitrogens with zero attached hydrogens (tertiary/aromatic N) is 3. The molecule has 198 valence electrons. The lowest BCUT2D eigenvalue weighted by Crippen LogP contribution is -1.97. The van der Waals surface area contributed by atoms with Gasteiger partial charge in [0, 0.05) is 22.2 Å². The maximum Gasteiger partial charge on any atom is 0.111 e. The van der Waals surface area contributed by atoms with E-state index in [-0.39, 0.29) is 5.82 Å². The molecular formula is C39H27N3. The Labute approximate surface area is 248 Å². The molecule has 2 aromatic heterocycles. The number of hydrogen-bond acceptors (Lipinski definition) is 2. The second kappa shape index (κ2) is 9.83. The molecule has 0 N–H and O–H groups in total. The van der Waals surface area contributed by atoms with Crippen molar-refractivity contribution in [3.8, 4) is 39.1 Å². The number of imidazole rings is 1. The second-order valence-corrected chi connectivity index (χ2v) is 10.5. The number of benzene rings is 6. The number of fused-ring (bicyclic) bond motifs is 3. The standard InChI is InChI=1S/C39H27N3/c1-26-41-36-15-6-7-16-37(36)42(26)31-19-17-28(18-20-31)38-32-11-2-4-13-34(32)39(35-14-5-3-12-33(35)38)30-10-8-9-29(25-30)27-21-23-40-24-22-27/h2-25H,1H3/i1D3. The number of para-hydroxylation sites is 2. The molecule has 3 nitrogen and oxygen atoms in total. The van der Waals surface area contributed by atoms with Crippen LogP contribution in [0.5, 0.6) is 0 Å². The minimum atomic E-state index is -2.35. The summed E-state index contributed by atoms with van der Waals surface area (Å²) in [5.74, 6) is 0.0608. The van der Waals surface area contributed by atoms with E-state index in [4.69, 9.17) is 4.11 Å². The van der Waals surface area contributed by atoms with E-state index in [9.17, 15) is 0 Å². The predicted molar refractivity (Wildman–Crippen MR) is 175 cm³/mol. The quantitative estimate of drug-likeness (QED) is 0.208. The minimum absolute atomic E-state index is 0.0608. The molecule has 0 aliphatic heterocycles. The Morgan fingerprint density at radius 3 is 1.79 bits per heavy atom. The fraction of sp³-hybridized carbons (Fsp3) is 0.0256. The zero-order chi connectivity index (χ0) is 30.5. The summed E-state index contributed by atoms with van der Waals surface area (Å²) in [6.45, 7) is -2.35. The lowest BCUT2D eigenvalue weighted by Gasteiger charge is -2.18. The molecule has 3 heteroatoms. The maximum absolute atomic E-state index is 8.15. The third-order valence-electron chi connectivity index (χ3n) is 8.07. The summed E-state index contributed by atoms with van der Waals surface area (Å²) in [4.78, 5) is 8.67. The summed E-state index contributed by atoms with van der Waals surface area (Å²) in [6, 6.07) is 45.7. The highest BCUT2D eigenvalue weighted by Crippen LogP contribution is 2.44. The number of rotatable bonds is 4. The zero-order valence-electron chi connectivity index (χ0n) is 25.7. The van der Waals surface area contributed by atoms with E-state index in [1.165, 1.54) is 16.3 Å². The largest absolute Gasteiger partial charge is 0.297 e. The average molecular weight is 541 g/mol. The van der Waals surface area contributed by atoms with Gasteiger partial charge in [0.05, 0.1) is 11.0 Å². The molecule has 6 aromatic carbocycles. The van der Waals surface area contributed by atoms with Gasteiger partial charge in [-0.05, 0) is 104 Å². The van der Waals surface area contributed by atoms with Crippen molar-refractivity contribution in [3.63, 3.8) is 0 Å². The van der Waals surface area contributed by atoms with Crippen LogP contribution in [0.4, 0.5) is 0 Å². The predicted octanol–water partition coefficient (Wildman–Crippen LogP) is 10.0. The number of hydrogen-bond donors (Lipinski definition) is 0. The SMILES string of the molecule is [2H]C([2H])([2H])c1nc2ccccc2n1-c1ccc(-c2c3ccccc3c(-c3cccc(-c4ccncc4)c3)c3ccccc23)cc1. The highest BCUT2D eigenvalue weighted by molar-refractivity contribution is 6.21. The van der Waals surface area contributed by atoms with Crippen LogP contribution < -0.4 is 0 Å². The Kier molecular flexibility index (Phi) is 4.97. The van der Waals surface area contributed by atoms with Gasteiger partial charge in [-0.25, -0.2) is 4.98 Å². The first-order valence-electron chi connectivity index (χ1n) is 15.5. The number of pyridine rings is 1. The second-order valence-electron chi connectivity index (χ2n) is 10.5. The first-order valence-corrected chi connectivity index (χ1v) is 14.0. The molecule has 0 fully saturated rings. The minimum Gasteiger partial charge on any atom is -0.297 e. The Morgan fingerprint density at radius 2 is 1.12 bits per heavy atom. The highest BCUT2D eigenvalue weighted by atomic mass is 15.1. The van der Waals surface area contributed by atoms with Gasteiger partial charge in [0.15, 0.2) is 0 Å². The molecule has 42 heavy (non-hydrogen) atoms. The maximum atomic E-state index is 8.15. The third kappa shape index (κ3) is 3.90. The first kappa shape index (κ1) is 21.2. The van der Waals surface area contributed by atoms with E-state index < -0.39 is 6.85 Å². The summed E-state index contributed by atoms with van der Waals surface area (Å²) >= 11 is 0. The van der Waals surface area contributed by atoms with E-state index in [0.717, 1.165) is 49.8 Å². The van der Waals surface area contributed by atoms with Crippen LogP contribution in [-0.4, -0.2) is 14.5 Å². The molecule has 8 aromatic rings. The van der Waals surface area contributed by atoms with E-state index in [2.05, 4.69) is 94.9 Å². The molecule has 0 aliphatic carbocycles. The molecule has 2 heterocycles. The van der Waals surface area contributed by atoms with Crippen molar-refractivity contribution >= 4 is 32.6 Å². The Hall–Kier alpha value is -5.54. The monoisotopic (exact) mass is 540 g/mol. The molecule has 0 saturated carbocycles. The van der Waals surface area contributed by atoms with Gasteiger partial charge in [0.2, 0.25) is 0 Å². The van der Waals surface area contributed by atoms with Crippen LogP contribution in [0.1, 0.15) is 9.94 Å². The van der Waals surface area contributed by atoms with Crippen molar-refractivity contribution < 1.29 is 4.11 Å². The fourth-order valence-corrected chi connectivity index (χ4v) is 6.21. The molecule has 0 spiro atoms. The highest BCUT2D eigenvalue weighted by Gasteiger charge is 2.17. The smallest absolute Gasteiger partial charge is 0.111 e. The van der Waals surface area contributed by atoms with E-state index in [1.54, 1.807) is 4.57 Å². The van der Waals surface area contributed by atoms with Gasteiger partial charge in [-0.15, -0.1) is 0 Å². The topological polar surface area (TPSA) is 30.7 Å². The number of aromatic nitrogens is 3. The van der Waals surface area contributed by atoms with E-state index >= 15 is 0 Å². The van der Waals surface area contributed by atoms with Gasteiger partial charge < -0.3 is 0 Å². The Morgan fingerprint density at radius 1 is 0.524 bits per heavy atom. The molecular weight excluding hydrogens is 510 g/mol. The van der Waals surface area contributed by atoms with Crippen molar-refractivity contribution in [3.05, 3.63) is 152 Å². The first-order chi connectivity index (χ1) is 22.0. The van der Waals surface area contributed by atoms with Gasteiger partial charge in [-0.3, -0.25) is 9.55 Å². The molecule has 0 aliphatic rings. The van der Waals surface area contributed by atoms with Crippen molar-refractivity contribution in [2.45, 2.75) is 6.85 Å². The van der Waals surface area contributed by atoms with Crippen molar-refractivity contribution in [2.24, 2.45) is 0 Å². The van der Waals surface area contributed by atoms with Gasteiger partial charge in [-0.1, -0.05) is 91.0 Å². The summed E-state index contributed by atoms with van der Waals surface area (Å²) in [7, 11) is 0. The van der Waals surface area contributed by atoms with E-state index in [1.807, 2.05) is 60.9 Å². The molecule has 0 atom stereocenters. The molecule has 0 bridgehead atoms. The molecule has 0 amide bonds. The van der Waals surface area contributed by atoms with Crippen LogP contribution in [0.3, 0.4) is 0 Å². The van der Waals surface area contributed by atoms with Gasteiger partial charge in [-0.2, -0.15) is 0 Å². The van der Waals surface area contributed by atoms with Crippen molar-refractivity contribution in [2.75, 3.05) is 0 Å². The van der Waals surface area contributed by atoms with Crippen LogP contribution >= 0.6 is 0 Å². The van der Waals surface area contributed by atoms with Gasteiger partial charge >= 0.3 is 0 Å². The third-order valence-corrected chi connectivity index (χ3v) is 8.07. The van der Waals surface area contributed by atoms with Crippen LogP contribution in [0, 0.1) is 6.85 Å². The molecule has 0 unspecified atom stereocenters. The van der Waals surface area contributed by atoms with Crippen LogP contribution in [-0.2, 0) is 0 Å². The summed E-state index contributed by atoms with van der Waals surface area (Å²) in [5, 5.41) is 4.66. The van der Waals surface area contributed by atoms with Crippen molar-refractivity contribution in [1.29, 1.82) is 0 Å². The summed E-state index contributed by atoms with van der Waals surface area (Å²) < 4.78 is 26.2. The summed E-state index contributed by atoms with van der Waals surface area (Å²) in [6.07, 6.45) is 3.65. The summed E-state index contributed by atoms with van der Waals surface area (Å²) in [5.41, 5.74) is 9.02. The Balaban J connectivity index is 1.33. The van der Waals surface area contributed by atoms with Crippen LogP contribution in [0.2, 0.25) is 0 Å². The van der Waals surface area contributed by atoms with Crippen LogP contribution in [0.15, 0.2) is 146 Å². The molecule has 8 rings (SSSR count). The van der Waals surface area contributed by atoms with E-state index in [0.29, 0.717) is 5.52 Å². The fourth-order valence-electron chi connectivity index (χ4n) is 6.21. The van der Waals surface area contributed by atoms with Gasteiger partial charge in [0.25, 0.3) is 0 Å². The molecule has 0 radical (unpaired) electrons.